The summed E-state index contributed by atoms with van der Waals surface area (Å²) in [7, 11) is 0. The fourth-order valence-electron chi connectivity index (χ4n) is 1.48. The Kier molecular flexibility index (Phi) is 1.91. The van der Waals surface area contributed by atoms with Gasteiger partial charge < -0.3 is 10.5 Å². The van der Waals surface area contributed by atoms with Gasteiger partial charge in [0.15, 0.2) is 0 Å². The summed E-state index contributed by atoms with van der Waals surface area (Å²) in [5, 5.41) is 0. The lowest BCUT2D eigenvalue weighted by molar-refractivity contribution is 0.266. The molecular weight excluding hydrogens is 183 g/mol. The Bertz CT molecular complexity index is 374. The minimum atomic E-state index is -0.474. The van der Waals surface area contributed by atoms with E-state index in [-0.39, 0.29) is 11.8 Å². The maximum atomic E-state index is 12.7. The molecule has 1 heterocycles. The van der Waals surface area contributed by atoms with Crippen molar-refractivity contribution in [3.05, 3.63) is 35.6 Å². The number of nitrogens with two attached hydrogens (primary N) is 1. The van der Waals surface area contributed by atoms with Crippen LogP contribution in [0.3, 0.4) is 0 Å². The summed E-state index contributed by atoms with van der Waals surface area (Å²) in [6, 6.07) is 6.40. The molecule has 74 valence electrons. The van der Waals surface area contributed by atoms with Crippen LogP contribution in [0.25, 0.3) is 0 Å². The summed E-state index contributed by atoms with van der Waals surface area (Å²) >= 11 is 0. The quantitative estimate of drug-likeness (QED) is 0.734. The number of hydrogen-bond acceptors (Lipinski definition) is 3. The zero-order valence-corrected chi connectivity index (χ0v) is 7.83. The van der Waals surface area contributed by atoms with E-state index in [1.165, 1.54) is 12.1 Å². The van der Waals surface area contributed by atoms with Gasteiger partial charge in [-0.1, -0.05) is 12.1 Å². The predicted octanol–water partition coefficient (Wildman–Crippen LogP) is 1.39. The van der Waals surface area contributed by atoms with Gasteiger partial charge >= 0.3 is 0 Å². The first-order chi connectivity index (χ1) is 6.60. The first-order valence-electron chi connectivity index (χ1n) is 4.34. The second-order valence-corrected chi connectivity index (χ2v) is 3.52. The summed E-state index contributed by atoms with van der Waals surface area (Å²) in [6.07, 6.45) is 0. The summed E-state index contributed by atoms with van der Waals surface area (Å²) in [4.78, 5) is 4.17. The first-order valence-corrected chi connectivity index (χ1v) is 4.34. The average molecular weight is 194 g/mol. The topological polar surface area (TPSA) is 47.6 Å². The third-order valence-corrected chi connectivity index (χ3v) is 2.32. The monoisotopic (exact) mass is 194 g/mol. The zero-order chi connectivity index (χ0) is 10.2. The Hall–Kier alpha value is -1.58. The molecule has 0 amide bonds. The predicted molar refractivity (Wildman–Crippen MR) is 51.3 cm³/mol. The number of amidine groups is 1. The number of aliphatic imine (C=N–C) groups is 1. The van der Waals surface area contributed by atoms with Gasteiger partial charge in [0.2, 0.25) is 0 Å². The maximum absolute atomic E-state index is 12.7. The van der Waals surface area contributed by atoms with Crippen molar-refractivity contribution in [3.63, 3.8) is 0 Å². The molecule has 0 spiro atoms. The van der Waals surface area contributed by atoms with Crippen LogP contribution in [0, 0.1) is 5.82 Å². The largest absolute Gasteiger partial charge is 0.462 e. The molecule has 1 aromatic rings. The van der Waals surface area contributed by atoms with Crippen LogP contribution < -0.4 is 5.73 Å². The molecule has 0 radical (unpaired) electrons. The molecule has 0 fully saturated rings. The van der Waals surface area contributed by atoms with Crippen LogP contribution >= 0.6 is 0 Å². The van der Waals surface area contributed by atoms with Crippen LogP contribution in [-0.2, 0) is 10.3 Å². The molecule has 2 N–H and O–H groups in total. The van der Waals surface area contributed by atoms with Crippen molar-refractivity contribution < 1.29 is 9.13 Å². The van der Waals surface area contributed by atoms with Crippen molar-refractivity contribution in [2.75, 3.05) is 6.61 Å². The Balaban J connectivity index is 2.35. The minimum absolute atomic E-state index is 0.192. The minimum Gasteiger partial charge on any atom is -0.462 e. The number of halogens is 1. The molecule has 2 rings (SSSR count). The third-order valence-electron chi connectivity index (χ3n) is 2.32. The van der Waals surface area contributed by atoms with E-state index >= 15 is 0 Å². The van der Waals surface area contributed by atoms with E-state index < -0.39 is 5.54 Å². The summed E-state index contributed by atoms with van der Waals surface area (Å²) in [5.41, 5.74) is 5.86. The van der Waals surface area contributed by atoms with E-state index in [2.05, 4.69) is 4.99 Å². The van der Waals surface area contributed by atoms with Gasteiger partial charge in [-0.25, -0.2) is 9.38 Å². The van der Waals surface area contributed by atoms with Gasteiger partial charge in [0, 0.05) is 0 Å². The van der Waals surface area contributed by atoms with Crippen molar-refractivity contribution >= 4 is 6.02 Å². The van der Waals surface area contributed by atoms with Crippen LogP contribution in [0.2, 0.25) is 0 Å². The van der Waals surface area contributed by atoms with Gasteiger partial charge in [-0.3, -0.25) is 0 Å². The van der Waals surface area contributed by atoms with Crippen molar-refractivity contribution in [1.82, 2.24) is 0 Å². The molecule has 4 heteroatoms. The Morgan fingerprint density at radius 3 is 2.57 bits per heavy atom. The molecule has 0 saturated heterocycles. The van der Waals surface area contributed by atoms with Gasteiger partial charge in [-0.15, -0.1) is 0 Å². The van der Waals surface area contributed by atoms with Crippen molar-refractivity contribution in [1.29, 1.82) is 0 Å². The summed E-state index contributed by atoms with van der Waals surface area (Å²) in [5.74, 6) is -0.256. The molecule has 0 saturated carbocycles. The van der Waals surface area contributed by atoms with Crippen LogP contribution in [0.5, 0.6) is 0 Å². The Labute approximate surface area is 81.4 Å². The van der Waals surface area contributed by atoms with Crippen molar-refractivity contribution in [3.8, 4) is 0 Å². The van der Waals surface area contributed by atoms with Crippen molar-refractivity contribution in [2.24, 2.45) is 10.7 Å². The van der Waals surface area contributed by atoms with Crippen LogP contribution in [0.15, 0.2) is 29.3 Å². The fourth-order valence-corrected chi connectivity index (χ4v) is 1.48. The van der Waals surface area contributed by atoms with Gasteiger partial charge in [0.1, 0.15) is 18.0 Å². The lowest BCUT2D eigenvalue weighted by atomic mass is 9.94. The highest BCUT2D eigenvalue weighted by Gasteiger charge is 2.32. The average Bonchev–Trinajstić information content (AvgIpc) is 2.48. The second kappa shape index (κ2) is 2.97. The molecule has 1 unspecified atom stereocenters. The Morgan fingerprint density at radius 2 is 2.07 bits per heavy atom. The highest BCUT2D eigenvalue weighted by atomic mass is 19.1. The van der Waals surface area contributed by atoms with E-state index in [4.69, 9.17) is 10.5 Å². The molecule has 0 aliphatic carbocycles. The maximum Gasteiger partial charge on any atom is 0.283 e. The van der Waals surface area contributed by atoms with Crippen molar-refractivity contribution in [2.45, 2.75) is 12.5 Å². The van der Waals surface area contributed by atoms with E-state index in [1.54, 1.807) is 12.1 Å². The first kappa shape index (κ1) is 8.99. The van der Waals surface area contributed by atoms with Crippen LogP contribution in [0.4, 0.5) is 4.39 Å². The molecule has 14 heavy (non-hydrogen) atoms. The molecule has 1 aliphatic rings. The lowest BCUT2D eigenvalue weighted by Crippen LogP contribution is -2.20. The highest BCUT2D eigenvalue weighted by Crippen LogP contribution is 2.29. The molecule has 0 aromatic heterocycles. The van der Waals surface area contributed by atoms with Gasteiger partial charge in [-0.2, -0.15) is 0 Å². The molecule has 1 aliphatic heterocycles. The lowest BCUT2D eigenvalue weighted by Gasteiger charge is -2.18. The SMILES string of the molecule is CC1(c2ccc(F)cc2)COC(N)=N1. The molecular formula is C10H11FN2O. The number of benzene rings is 1. The smallest absolute Gasteiger partial charge is 0.283 e. The number of nitrogens with zero attached hydrogens (tertiary/aromatic N) is 1. The summed E-state index contributed by atoms with van der Waals surface area (Å²) < 4.78 is 17.8. The summed E-state index contributed by atoms with van der Waals surface area (Å²) in [6.45, 7) is 2.31. The molecule has 1 atom stereocenters. The van der Waals surface area contributed by atoms with E-state index in [9.17, 15) is 4.39 Å². The second-order valence-electron chi connectivity index (χ2n) is 3.52. The van der Waals surface area contributed by atoms with Gasteiger partial charge in [0.25, 0.3) is 6.02 Å². The third kappa shape index (κ3) is 1.43. The molecule has 0 bridgehead atoms. The molecule has 3 nitrogen and oxygen atoms in total. The van der Waals surface area contributed by atoms with E-state index in [0.29, 0.717) is 6.61 Å². The van der Waals surface area contributed by atoms with Crippen LogP contribution in [0.1, 0.15) is 12.5 Å². The number of hydrogen-bond donors (Lipinski definition) is 1. The fraction of sp³-hybridized carbons (Fsp3) is 0.300. The number of ether oxygens (including phenoxy) is 1. The standard InChI is InChI=1S/C10H11FN2O/c1-10(6-14-9(12)13-10)7-2-4-8(11)5-3-7/h2-5H,6H2,1H3,(H2,12,13). The molecule has 1 aromatic carbocycles. The zero-order valence-electron chi connectivity index (χ0n) is 7.83. The van der Waals surface area contributed by atoms with Gasteiger partial charge in [0.05, 0.1) is 0 Å². The normalized spacial score (nSPS) is 25.7. The number of rotatable bonds is 1. The van der Waals surface area contributed by atoms with Gasteiger partial charge in [-0.05, 0) is 24.6 Å². The van der Waals surface area contributed by atoms with E-state index in [0.717, 1.165) is 5.56 Å². The highest BCUT2D eigenvalue weighted by molar-refractivity contribution is 5.74. The van der Waals surface area contributed by atoms with E-state index in [1.807, 2.05) is 6.92 Å². The van der Waals surface area contributed by atoms with Crippen LogP contribution in [-0.4, -0.2) is 12.6 Å². The Morgan fingerprint density at radius 1 is 1.43 bits per heavy atom.